The van der Waals surface area contributed by atoms with Gasteiger partial charge in [0.15, 0.2) is 11.5 Å². The molecule has 1 saturated heterocycles. The molecule has 0 saturated carbocycles. The number of anilines is 1. The maximum absolute atomic E-state index is 9.71. The molecule has 0 unspecified atom stereocenters. The van der Waals surface area contributed by atoms with Gasteiger partial charge in [0.25, 0.3) is 0 Å². The Hall–Kier alpha value is -1.77. The molecule has 96 valence electrons. The number of hydrogen-bond acceptors (Lipinski definition) is 7. The maximum Gasteiger partial charge on any atom is 0.167 e. The van der Waals surface area contributed by atoms with Gasteiger partial charge in [0.05, 0.1) is 19.0 Å². The summed E-state index contributed by atoms with van der Waals surface area (Å²) in [5.41, 5.74) is 6.75. The molecule has 1 fully saturated rings. The van der Waals surface area contributed by atoms with Gasteiger partial charge in [-0.2, -0.15) is 0 Å². The summed E-state index contributed by atoms with van der Waals surface area (Å²) >= 11 is 0. The van der Waals surface area contributed by atoms with Crippen LogP contribution in [0.25, 0.3) is 11.2 Å². The van der Waals surface area contributed by atoms with Crippen LogP contribution in [0.5, 0.6) is 0 Å². The van der Waals surface area contributed by atoms with Crippen LogP contribution in [-0.2, 0) is 4.74 Å². The van der Waals surface area contributed by atoms with Crippen molar-refractivity contribution in [2.24, 2.45) is 0 Å². The molecule has 2 aromatic rings. The average Bonchev–Trinajstić information content (AvgIpc) is 2.93. The number of hydrogen-bond donors (Lipinski definition) is 3. The van der Waals surface area contributed by atoms with E-state index in [0.29, 0.717) is 23.4 Å². The minimum atomic E-state index is -0.698. The molecular formula is C10H13N5O3. The third kappa shape index (κ3) is 1.62. The highest BCUT2D eigenvalue weighted by Gasteiger charge is 2.35. The second-order valence-electron chi connectivity index (χ2n) is 4.20. The predicted octanol–water partition coefficient (Wildman–Crippen LogP) is -0.951. The standard InChI is InChI=1S/C10H13N5O3/c11-9-8-10(13-3-12-9)15(4-14-8)7-1-5(17)6(2-16)18-7/h3-7,16-17H,1-2H2,(H2,11,12,13)/t5-,6+,7+/m0/s1/i11+1,12+1,13+1,14+1,15+1. The molecule has 8 heteroatoms. The van der Waals surface area contributed by atoms with Crippen LogP contribution in [0, 0.1) is 0 Å². The monoisotopic (exact) mass is 256 g/mol. The Labute approximate surface area is 102 Å². The fourth-order valence-electron chi connectivity index (χ4n) is 2.13. The molecule has 0 aliphatic carbocycles. The van der Waals surface area contributed by atoms with Crippen LogP contribution < -0.4 is 5.73 Å². The first-order valence-corrected chi connectivity index (χ1v) is 5.58. The molecule has 3 rings (SSSR count). The van der Waals surface area contributed by atoms with Crippen LogP contribution in [0.15, 0.2) is 12.7 Å². The first-order chi connectivity index (χ1) is 8.70. The molecule has 0 spiro atoms. The largest absolute Gasteiger partial charge is 0.394 e. The van der Waals surface area contributed by atoms with Crippen molar-refractivity contribution in [3.8, 4) is 0 Å². The third-order valence-electron chi connectivity index (χ3n) is 3.08. The van der Waals surface area contributed by atoms with E-state index >= 15 is 0 Å². The summed E-state index contributed by atoms with van der Waals surface area (Å²) < 4.78 is 7.22. The summed E-state index contributed by atoms with van der Waals surface area (Å²) in [5.74, 6) is 0.302. The number of imidazole rings is 1. The summed E-state index contributed by atoms with van der Waals surface area (Å²) in [6, 6.07) is 0. The van der Waals surface area contributed by atoms with Crippen LogP contribution in [0.3, 0.4) is 0 Å². The van der Waals surface area contributed by atoms with E-state index in [9.17, 15) is 5.11 Å². The molecule has 1 aliphatic heterocycles. The van der Waals surface area contributed by atoms with Gasteiger partial charge in [0.2, 0.25) is 0 Å². The van der Waals surface area contributed by atoms with Crippen molar-refractivity contribution in [1.82, 2.24) is 19.5 Å². The molecule has 0 radical (unpaired) electrons. The summed E-state index contributed by atoms with van der Waals surface area (Å²) in [6.07, 6.45) is 1.60. The number of aliphatic hydroxyl groups is 2. The second-order valence-corrected chi connectivity index (χ2v) is 4.20. The molecular weight excluding hydrogens is 243 g/mol. The molecule has 2 aromatic heterocycles. The van der Waals surface area contributed by atoms with Crippen LogP contribution in [0.1, 0.15) is 12.6 Å². The fraction of sp³-hybridized carbons (Fsp3) is 0.500. The lowest BCUT2D eigenvalue weighted by Gasteiger charge is -2.13. The number of ether oxygens (including phenoxy) is 1. The van der Waals surface area contributed by atoms with Gasteiger partial charge in [-0.3, -0.25) is 4.57 Å². The number of nitrogens with zero attached hydrogens (tertiary/aromatic N) is 4. The minimum absolute atomic E-state index is 0.221. The quantitative estimate of drug-likeness (QED) is 0.592. The SMILES string of the molecule is [15NH2]c1[15n]c[15n]c2c1[15n]c[15n]2[C@H]1C[C@H](O)[C@@H](CO)O1. The van der Waals surface area contributed by atoms with Crippen LogP contribution in [0.4, 0.5) is 5.82 Å². The summed E-state index contributed by atoms with van der Waals surface area (Å²) in [5, 5.41) is 18.8. The maximum atomic E-state index is 9.71. The van der Waals surface area contributed by atoms with Gasteiger partial charge in [0, 0.05) is 6.42 Å². The molecule has 0 bridgehead atoms. The van der Waals surface area contributed by atoms with Gasteiger partial charge < -0.3 is 20.7 Å². The van der Waals surface area contributed by atoms with Crippen LogP contribution >= 0.6 is 0 Å². The van der Waals surface area contributed by atoms with Gasteiger partial charge in [-0.05, 0) is 0 Å². The van der Waals surface area contributed by atoms with Crippen molar-refractivity contribution in [1.29, 1.82) is 0 Å². The van der Waals surface area contributed by atoms with Crippen molar-refractivity contribution in [2.75, 3.05) is 12.3 Å². The van der Waals surface area contributed by atoms with Gasteiger partial charge >= 0.3 is 0 Å². The van der Waals surface area contributed by atoms with Crippen LogP contribution in [0.2, 0.25) is 0 Å². The second kappa shape index (κ2) is 4.16. The van der Waals surface area contributed by atoms with E-state index < -0.39 is 18.4 Å². The Morgan fingerprint density at radius 2 is 2.28 bits per heavy atom. The number of aromatic nitrogens is 4. The molecule has 3 atom stereocenters. The highest BCUT2D eigenvalue weighted by molar-refractivity contribution is 5.81. The smallest absolute Gasteiger partial charge is 0.167 e. The molecule has 18 heavy (non-hydrogen) atoms. The predicted molar refractivity (Wildman–Crippen MR) is 61.4 cm³/mol. The van der Waals surface area contributed by atoms with Gasteiger partial charge in [-0.1, -0.05) is 0 Å². The number of rotatable bonds is 2. The van der Waals surface area contributed by atoms with E-state index in [-0.39, 0.29) is 6.61 Å². The zero-order chi connectivity index (χ0) is 12.7. The zero-order valence-corrected chi connectivity index (χ0v) is 9.47. The number of nitrogens with two attached hydrogens (primary N) is 1. The molecule has 3 heterocycles. The third-order valence-corrected chi connectivity index (χ3v) is 3.08. The Morgan fingerprint density at radius 3 is 3.00 bits per heavy atom. The fourth-order valence-corrected chi connectivity index (χ4v) is 2.13. The summed E-state index contributed by atoms with van der Waals surface area (Å²) in [4.78, 5) is 12.1. The highest BCUT2D eigenvalue weighted by atomic mass is 16.6. The Balaban J connectivity index is 1.99. The van der Waals surface area contributed by atoms with Crippen molar-refractivity contribution in [2.45, 2.75) is 24.9 Å². The topological polar surface area (TPSA) is 119 Å². The molecule has 4 N–H and O–H groups in total. The number of aliphatic hydroxyl groups excluding tert-OH is 2. The zero-order valence-electron chi connectivity index (χ0n) is 9.47. The van der Waals surface area contributed by atoms with Crippen LogP contribution in [-0.4, -0.2) is 48.5 Å². The first-order valence-electron chi connectivity index (χ1n) is 5.58. The lowest BCUT2D eigenvalue weighted by Crippen LogP contribution is -2.24. The van der Waals surface area contributed by atoms with Crippen molar-refractivity contribution in [3.05, 3.63) is 12.7 Å². The first kappa shape index (κ1) is 11.3. The van der Waals surface area contributed by atoms with Gasteiger partial charge in [-0.25, -0.2) is 15.0 Å². The number of fused-ring (bicyclic) bond motifs is 1. The van der Waals surface area contributed by atoms with Gasteiger partial charge in [0.1, 0.15) is 24.2 Å². The Bertz CT molecular complexity index is 572. The molecule has 8 nitrogen and oxygen atoms in total. The highest BCUT2D eigenvalue weighted by Crippen LogP contribution is 2.30. The Kier molecular flexibility index (Phi) is 2.62. The average molecular weight is 256 g/mol. The van der Waals surface area contributed by atoms with Crippen molar-refractivity contribution in [3.63, 3.8) is 0 Å². The van der Waals surface area contributed by atoms with Crippen molar-refractivity contribution < 1.29 is 14.9 Å². The van der Waals surface area contributed by atoms with E-state index in [1.165, 1.54) is 6.33 Å². The Morgan fingerprint density at radius 1 is 1.44 bits per heavy atom. The van der Waals surface area contributed by atoms with Crippen molar-refractivity contribution >= 4 is 17.0 Å². The molecule has 0 amide bonds. The van der Waals surface area contributed by atoms with E-state index in [1.807, 2.05) is 0 Å². The van der Waals surface area contributed by atoms with E-state index in [4.69, 9.17) is 15.6 Å². The lowest BCUT2D eigenvalue weighted by atomic mass is 10.2. The van der Waals surface area contributed by atoms with E-state index in [1.54, 1.807) is 10.9 Å². The van der Waals surface area contributed by atoms with E-state index in [0.717, 1.165) is 0 Å². The summed E-state index contributed by atoms with van der Waals surface area (Å²) in [7, 11) is 0. The van der Waals surface area contributed by atoms with E-state index in [2.05, 4.69) is 15.0 Å². The molecule has 0 aromatic carbocycles. The lowest BCUT2D eigenvalue weighted by molar-refractivity contribution is -0.0432. The molecule has 1 aliphatic rings. The number of nitrogen functional groups attached to an aromatic ring is 1. The minimum Gasteiger partial charge on any atom is -0.394 e. The summed E-state index contributed by atoms with van der Waals surface area (Å²) in [6.45, 7) is -0.221. The normalized spacial score (nSPS) is 28.0. The van der Waals surface area contributed by atoms with Gasteiger partial charge in [-0.15, -0.1) is 0 Å².